The van der Waals surface area contributed by atoms with Gasteiger partial charge in [0.25, 0.3) is 11.5 Å². The summed E-state index contributed by atoms with van der Waals surface area (Å²) in [7, 11) is 1.67. The van der Waals surface area contributed by atoms with Gasteiger partial charge in [-0.05, 0) is 55.5 Å². The standard InChI is InChI=1S/C24H19Cl2N3O3/c1-3-32-16-6-4-14(5-7-16)23(30)28-19-9-8-18(25)21(22(19)26)17-12-15-13-27-11-10-20(15)29(2)24(17)31/h4-13H,3H2,1-2H3,(H,28,30). The molecule has 2 aromatic carbocycles. The molecule has 32 heavy (non-hydrogen) atoms. The van der Waals surface area contributed by atoms with Crippen molar-refractivity contribution in [3.63, 3.8) is 0 Å². The van der Waals surface area contributed by atoms with Crippen LogP contribution in [0.2, 0.25) is 10.0 Å². The average Bonchev–Trinajstić information content (AvgIpc) is 2.79. The lowest BCUT2D eigenvalue weighted by Gasteiger charge is -2.15. The van der Waals surface area contributed by atoms with Gasteiger partial charge < -0.3 is 14.6 Å². The van der Waals surface area contributed by atoms with Crippen LogP contribution in [0, 0.1) is 0 Å². The molecule has 2 heterocycles. The fraction of sp³-hybridized carbons (Fsp3) is 0.125. The molecule has 0 saturated carbocycles. The van der Waals surface area contributed by atoms with Gasteiger partial charge in [-0.1, -0.05) is 23.2 Å². The Morgan fingerprint density at radius 2 is 1.88 bits per heavy atom. The van der Waals surface area contributed by atoms with Gasteiger partial charge in [0.1, 0.15) is 5.75 Å². The number of rotatable bonds is 5. The highest BCUT2D eigenvalue weighted by Gasteiger charge is 2.19. The molecule has 0 aliphatic carbocycles. The van der Waals surface area contributed by atoms with E-state index in [4.69, 9.17) is 27.9 Å². The fourth-order valence-corrected chi connectivity index (χ4v) is 4.08. The highest BCUT2D eigenvalue weighted by molar-refractivity contribution is 6.41. The monoisotopic (exact) mass is 467 g/mol. The van der Waals surface area contributed by atoms with E-state index in [0.29, 0.717) is 39.8 Å². The molecule has 0 fully saturated rings. The first-order valence-corrected chi connectivity index (χ1v) is 10.6. The van der Waals surface area contributed by atoms with E-state index in [9.17, 15) is 9.59 Å². The lowest BCUT2D eigenvalue weighted by Crippen LogP contribution is -2.19. The summed E-state index contributed by atoms with van der Waals surface area (Å²) in [6.07, 6.45) is 3.29. The van der Waals surface area contributed by atoms with E-state index >= 15 is 0 Å². The number of benzene rings is 2. The molecule has 162 valence electrons. The zero-order chi connectivity index (χ0) is 22.8. The Morgan fingerprint density at radius 1 is 1.12 bits per heavy atom. The van der Waals surface area contributed by atoms with E-state index < -0.39 is 0 Å². The van der Waals surface area contributed by atoms with Gasteiger partial charge in [-0.15, -0.1) is 0 Å². The number of anilines is 1. The quantitative estimate of drug-likeness (QED) is 0.416. The molecule has 0 bridgehead atoms. The average molecular weight is 468 g/mol. The second-order valence-electron chi connectivity index (χ2n) is 7.05. The van der Waals surface area contributed by atoms with Crippen LogP contribution < -0.4 is 15.6 Å². The van der Waals surface area contributed by atoms with Crippen molar-refractivity contribution in [3.05, 3.63) is 86.9 Å². The van der Waals surface area contributed by atoms with Gasteiger partial charge in [0.15, 0.2) is 0 Å². The summed E-state index contributed by atoms with van der Waals surface area (Å²) in [5.41, 5.74) is 1.93. The topological polar surface area (TPSA) is 73.2 Å². The van der Waals surface area contributed by atoms with Crippen LogP contribution in [0.25, 0.3) is 22.0 Å². The Balaban J connectivity index is 1.74. The largest absolute Gasteiger partial charge is 0.494 e. The van der Waals surface area contributed by atoms with Crippen LogP contribution in [-0.4, -0.2) is 22.1 Å². The maximum absolute atomic E-state index is 13.1. The summed E-state index contributed by atoms with van der Waals surface area (Å²) >= 11 is 13.1. The van der Waals surface area contributed by atoms with Gasteiger partial charge in [-0.3, -0.25) is 14.6 Å². The third kappa shape index (κ3) is 4.07. The molecule has 2 aromatic heterocycles. The minimum absolute atomic E-state index is 0.178. The molecule has 0 aliphatic heterocycles. The Morgan fingerprint density at radius 3 is 2.59 bits per heavy atom. The first-order chi connectivity index (χ1) is 15.4. The zero-order valence-electron chi connectivity index (χ0n) is 17.4. The van der Waals surface area contributed by atoms with E-state index in [0.717, 1.165) is 10.9 Å². The normalized spacial score (nSPS) is 10.9. The molecule has 0 spiro atoms. The molecule has 0 aliphatic rings. The Bertz CT molecular complexity index is 1380. The molecule has 8 heteroatoms. The lowest BCUT2D eigenvalue weighted by molar-refractivity contribution is 0.102. The van der Waals surface area contributed by atoms with Crippen LogP contribution in [0.3, 0.4) is 0 Å². The molecule has 4 rings (SSSR count). The number of amides is 1. The summed E-state index contributed by atoms with van der Waals surface area (Å²) < 4.78 is 6.92. The van der Waals surface area contributed by atoms with E-state index in [1.807, 2.05) is 6.92 Å². The Kier molecular flexibility index (Phi) is 6.17. The number of hydrogen-bond donors (Lipinski definition) is 1. The van der Waals surface area contributed by atoms with Crippen molar-refractivity contribution in [2.75, 3.05) is 11.9 Å². The third-order valence-corrected chi connectivity index (χ3v) is 5.77. The van der Waals surface area contributed by atoms with Crippen LogP contribution in [0.1, 0.15) is 17.3 Å². The highest BCUT2D eigenvalue weighted by atomic mass is 35.5. The maximum atomic E-state index is 13.1. The number of carbonyl (C=O) groups is 1. The van der Waals surface area contributed by atoms with E-state index in [-0.39, 0.29) is 16.5 Å². The zero-order valence-corrected chi connectivity index (χ0v) is 18.9. The summed E-state index contributed by atoms with van der Waals surface area (Å²) in [4.78, 5) is 29.9. The van der Waals surface area contributed by atoms with E-state index in [1.54, 1.807) is 68.0 Å². The van der Waals surface area contributed by atoms with Crippen LogP contribution in [0.5, 0.6) is 5.75 Å². The number of hydrogen-bond acceptors (Lipinski definition) is 4. The predicted octanol–water partition coefficient (Wildman–Crippen LogP) is 5.56. The molecule has 1 amide bonds. The number of halogens is 2. The smallest absolute Gasteiger partial charge is 0.258 e. The summed E-state index contributed by atoms with van der Waals surface area (Å²) in [6, 6.07) is 13.4. The van der Waals surface area contributed by atoms with Crippen LogP contribution in [-0.2, 0) is 7.05 Å². The van der Waals surface area contributed by atoms with Gasteiger partial charge in [0.05, 0.1) is 33.4 Å². The number of pyridine rings is 2. The van der Waals surface area contributed by atoms with Crippen molar-refractivity contribution in [2.24, 2.45) is 7.05 Å². The SMILES string of the molecule is CCOc1ccc(C(=O)Nc2ccc(Cl)c(-c3cc4cnccc4n(C)c3=O)c2Cl)cc1. The summed E-state index contributed by atoms with van der Waals surface area (Å²) in [6.45, 7) is 2.43. The molecule has 1 N–H and O–H groups in total. The molecule has 0 radical (unpaired) electrons. The van der Waals surface area contributed by atoms with Gasteiger partial charge in [-0.25, -0.2) is 0 Å². The Hall–Kier alpha value is -3.35. The minimum atomic E-state index is -0.348. The van der Waals surface area contributed by atoms with Crippen molar-refractivity contribution in [1.29, 1.82) is 0 Å². The second-order valence-corrected chi connectivity index (χ2v) is 7.84. The van der Waals surface area contributed by atoms with Crippen LogP contribution >= 0.6 is 23.2 Å². The summed E-state index contributed by atoms with van der Waals surface area (Å²) in [5, 5.41) is 4.04. The van der Waals surface area contributed by atoms with E-state index in [2.05, 4.69) is 10.3 Å². The van der Waals surface area contributed by atoms with Gasteiger partial charge >= 0.3 is 0 Å². The highest BCUT2D eigenvalue weighted by Crippen LogP contribution is 2.39. The number of nitrogens with one attached hydrogen (secondary N) is 1. The van der Waals surface area contributed by atoms with Crippen LogP contribution in [0.15, 0.2) is 65.7 Å². The minimum Gasteiger partial charge on any atom is -0.494 e. The molecule has 0 saturated heterocycles. The van der Waals surface area contributed by atoms with Crippen molar-refractivity contribution in [2.45, 2.75) is 6.92 Å². The Labute approximate surface area is 194 Å². The summed E-state index contributed by atoms with van der Waals surface area (Å²) in [5.74, 6) is 0.330. The number of nitrogens with zero attached hydrogens (tertiary/aromatic N) is 2. The number of aryl methyl sites for hydroxylation is 1. The number of aromatic nitrogens is 2. The van der Waals surface area contributed by atoms with Gasteiger partial charge in [0.2, 0.25) is 0 Å². The first kappa shape index (κ1) is 21.9. The lowest BCUT2D eigenvalue weighted by atomic mass is 10.0. The van der Waals surface area contributed by atoms with Crippen molar-refractivity contribution in [1.82, 2.24) is 9.55 Å². The van der Waals surface area contributed by atoms with Crippen molar-refractivity contribution < 1.29 is 9.53 Å². The fourth-order valence-electron chi connectivity index (χ4n) is 3.46. The second kappa shape index (κ2) is 9.02. The van der Waals surface area contributed by atoms with Gasteiger partial charge in [-0.2, -0.15) is 0 Å². The van der Waals surface area contributed by atoms with Gasteiger partial charge in [0, 0.05) is 36.0 Å². The molecular formula is C24H19Cl2N3O3. The predicted molar refractivity (Wildman–Crippen MR) is 128 cm³/mol. The number of fused-ring (bicyclic) bond motifs is 1. The molecular weight excluding hydrogens is 449 g/mol. The molecule has 0 unspecified atom stereocenters. The third-order valence-electron chi connectivity index (χ3n) is 5.06. The van der Waals surface area contributed by atoms with Crippen molar-refractivity contribution >= 4 is 45.7 Å². The molecule has 0 atom stereocenters. The molecule has 6 nitrogen and oxygen atoms in total. The first-order valence-electron chi connectivity index (χ1n) is 9.87. The van der Waals surface area contributed by atoms with E-state index in [1.165, 1.54) is 4.57 Å². The molecule has 4 aromatic rings. The van der Waals surface area contributed by atoms with Crippen LogP contribution in [0.4, 0.5) is 5.69 Å². The number of carbonyl (C=O) groups excluding carboxylic acids is 1. The number of ether oxygens (including phenoxy) is 1. The van der Waals surface area contributed by atoms with Crippen molar-refractivity contribution in [3.8, 4) is 16.9 Å². The maximum Gasteiger partial charge on any atom is 0.258 e.